The van der Waals surface area contributed by atoms with E-state index in [9.17, 15) is 24.6 Å². The first-order valence-electron chi connectivity index (χ1n) is 10.6. The number of tetrazole rings is 1. The number of carbonyl (C=O) groups excluding carboxylic acids is 2. The molecule has 2 aromatic rings. The second-order valence-corrected chi connectivity index (χ2v) is 9.59. The highest BCUT2D eigenvalue weighted by Crippen LogP contribution is 2.41. The molecule has 0 aliphatic carbocycles. The lowest BCUT2D eigenvalue weighted by Crippen LogP contribution is -2.54. The molecule has 0 bridgehead atoms. The molecule has 2 aliphatic rings. The summed E-state index contributed by atoms with van der Waals surface area (Å²) in [5.74, 6) is -1.26. The van der Waals surface area contributed by atoms with Gasteiger partial charge in [0.05, 0.1) is 11.8 Å². The van der Waals surface area contributed by atoms with Gasteiger partial charge in [0.15, 0.2) is 5.71 Å². The van der Waals surface area contributed by atoms with E-state index in [2.05, 4.69) is 32.6 Å². The van der Waals surface area contributed by atoms with Gasteiger partial charge < -0.3 is 20.4 Å². The minimum atomic E-state index is -1.15. The highest BCUT2D eigenvalue weighted by Gasteiger charge is 2.45. The van der Waals surface area contributed by atoms with Crippen LogP contribution in [0.1, 0.15) is 12.0 Å². The number of nitrogens with zero attached hydrogens (tertiary/aromatic N) is 6. The number of thioether (sulfide) groups is 2. The third-order valence-corrected chi connectivity index (χ3v) is 7.40. The number of fused-ring (bicyclic) bond motifs is 1. The normalized spacial score (nSPS) is 17.3. The van der Waals surface area contributed by atoms with Gasteiger partial charge >= 0.3 is 5.97 Å². The Morgan fingerprint density at radius 3 is 2.97 bits per heavy atom. The molecule has 188 valence electrons. The Balaban J connectivity index is 1.43. The summed E-state index contributed by atoms with van der Waals surface area (Å²) in [6.07, 6.45) is 1.81. The number of rotatable bonds is 11. The number of hydrogen-bond donors (Lipinski definition) is 3. The average Bonchev–Trinajstić information content (AvgIpc) is 3.30. The summed E-state index contributed by atoms with van der Waals surface area (Å²) in [5.41, 5.74) is 0.878. The highest BCUT2D eigenvalue weighted by molar-refractivity contribution is 8.00. The quantitative estimate of drug-likeness (QED) is 0.0935. The molecule has 1 fully saturated rings. The summed E-state index contributed by atoms with van der Waals surface area (Å²) >= 11 is 2.71. The molecule has 0 saturated carbocycles. The maximum absolute atomic E-state index is 12.9. The van der Waals surface area contributed by atoms with E-state index >= 15 is 0 Å². The number of amides is 2. The van der Waals surface area contributed by atoms with Crippen molar-refractivity contribution in [1.29, 1.82) is 0 Å². The third kappa shape index (κ3) is 5.52. The Labute approximate surface area is 213 Å². The number of oxime groups is 1. The number of phenols is 1. The van der Waals surface area contributed by atoms with E-state index in [0.29, 0.717) is 28.5 Å². The molecule has 1 aromatic heterocycles. The van der Waals surface area contributed by atoms with Crippen LogP contribution >= 0.6 is 23.5 Å². The van der Waals surface area contributed by atoms with Crippen LogP contribution in [0.4, 0.5) is 0 Å². The van der Waals surface area contributed by atoms with Crippen molar-refractivity contribution < 1.29 is 29.4 Å². The van der Waals surface area contributed by atoms with Gasteiger partial charge in [-0.15, -0.1) is 16.9 Å². The van der Waals surface area contributed by atoms with Crippen molar-refractivity contribution in [3.05, 3.63) is 53.8 Å². The molecular weight excluding hydrogens is 510 g/mol. The fraction of sp³-hybridized carbons (Fsp3) is 0.286. The lowest BCUT2D eigenvalue weighted by molar-refractivity contribution is -0.146. The summed E-state index contributed by atoms with van der Waals surface area (Å²) in [4.78, 5) is 43.0. The number of aliphatic carboxylic acids is 1. The van der Waals surface area contributed by atoms with Crippen LogP contribution in [0.2, 0.25) is 0 Å². The van der Waals surface area contributed by atoms with Crippen molar-refractivity contribution in [2.75, 3.05) is 18.1 Å². The molecule has 0 radical (unpaired) electrons. The number of carboxylic acid groups (broad SMARTS) is 1. The number of nitrogens with one attached hydrogen (secondary N) is 1. The Morgan fingerprint density at radius 1 is 1.42 bits per heavy atom. The maximum Gasteiger partial charge on any atom is 0.352 e. The van der Waals surface area contributed by atoms with Gasteiger partial charge in [-0.1, -0.05) is 41.7 Å². The number of β-lactam (4-membered cyclic amide) rings is 1. The lowest BCUT2D eigenvalue weighted by atomic mass is 10.1. The van der Waals surface area contributed by atoms with E-state index in [4.69, 9.17) is 4.84 Å². The van der Waals surface area contributed by atoms with Gasteiger partial charge in [0.25, 0.3) is 5.91 Å². The van der Waals surface area contributed by atoms with Gasteiger partial charge in [0, 0.05) is 17.1 Å². The lowest BCUT2D eigenvalue weighted by Gasteiger charge is -2.43. The average molecular weight is 532 g/mol. The smallest absolute Gasteiger partial charge is 0.352 e. The third-order valence-electron chi connectivity index (χ3n) is 5.08. The zero-order chi connectivity index (χ0) is 25.7. The molecule has 1 saturated heterocycles. The van der Waals surface area contributed by atoms with Crippen LogP contribution in [0.3, 0.4) is 0 Å². The van der Waals surface area contributed by atoms with Gasteiger partial charge in [-0.3, -0.25) is 14.5 Å². The van der Waals surface area contributed by atoms with Crippen molar-refractivity contribution in [2.24, 2.45) is 5.16 Å². The first-order valence-corrected chi connectivity index (χ1v) is 12.6. The molecule has 3 heterocycles. The summed E-state index contributed by atoms with van der Waals surface area (Å²) in [6, 6.07) is 5.99. The van der Waals surface area contributed by atoms with Crippen molar-refractivity contribution in [3.8, 4) is 5.75 Å². The van der Waals surface area contributed by atoms with Gasteiger partial charge in [-0.2, -0.15) is 0 Å². The number of carbonyl (C=O) groups is 3. The minimum absolute atomic E-state index is 0.0151. The maximum atomic E-state index is 12.9. The van der Waals surface area contributed by atoms with Crippen molar-refractivity contribution in [2.45, 2.75) is 23.6 Å². The van der Waals surface area contributed by atoms with Crippen molar-refractivity contribution in [1.82, 2.24) is 30.4 Å². The standard InChI is InChI=1S/C21H21N7O6S2/c1-2-6-34-24-17(12-4-3-5-14(29)7-12)19(31)22-11-27-21(23-25-26-27)36-10-13-9-35-16-8-15(30)28(16)18(13)20(32)33/h2-5,7,16,29H,1,6,8-11H2,(H,22,31)(H,32,33)/b24-17+. The Kier molecular flexibility index (Phi) is 7.90. The molecule has 2 aliphatic heterocycles. The molecule has 1 aromatic carbocycles. The molecular formula is C21H21N7O6S2. The number of hydrogen-bond acceptors (Lipinski definition) is 11. The van der Waals surface area contributed by atoms with Crippen molar-refractivity contribution in [3.63, 3.8) is 0 Å². The second kappa shape index (κ2) is 11.3. The first kappa shape index (κ1) is 25.2. The summed E-state index contributed by atoms with van der Waals surface area (Å²) in [6.45, 7) is 3.50. The predicted molar refractivity (Wildman–Crippen MR) is 130 cm³/mol. The zero-order valence-electron chi connectivity index (χ0n) is 18.7. The largest absolute Gasteiger partial charge is 0.508 e. The van der Waals surface area contributed by atoms with Gasteiger partial charge in [-0.25, -0.2) is 9.48 Å². The SMILES string of the molecule is C=CCO/N=C(/C(=O)NCn1nnnc1SCC1=C(C(=O)O)N2C(=O)CC2SC1)c1cccc(O)c1. The van der Waals surface area contributed by atoms with Crippen LogP contribution in [-0.4, -0.2) is 82.3 Å². The molecule has 13 nitrogen and oxygen atoms in total. The Bertz CT molecular complexity index is 1260. The topological polar surface area (TPSA) is 172 Å². The first-order chi connectivity index (χ1) is 17.4. The van der Waals surface area contributed by atoms with Crippen molar-refractivity contribution >= 4 is 47.0 Å². The van der Waals surface area contributed by atoms with E-state index in [-0.39, 0.29) is 47.5 Å². The van der Waals surface area contributed by atoms with Gasteiger partial charge in [-0.05, 0) is 28.1 Å². The number of benzene rings is 1. The predicted octanol–water partition coefficient (Wildman–Crippen LogP) is 0.795. The summed E-state index contributed by atoms with van der Waals surface area (Å²) < 4.78 is 1.34. The molecule has 2 amide bonds. The Hall–Kier alpha value is -3.85. The summed E-state index contributed by atoms with van der Waals surface area (Å²) in [7, 11) is 0. The fourth-order valence-corrected chi connectivity index (χ4v) is 5.68. The molecule has 1 unspecified atom stereocenters. The number of aromatic hydroxyl groups is 1. The molecule has 15 heteroatoms. The number of carboxylic acids is 1. The summed E-state index contributed by atoms with van der Waals surface area (Å²) in [5, 5.41) is 37.6. The molecule has 1 atom stereocenters. The van der Waals surface area contributed by atoms with E-state index in [1.807, 2.05) is 0 Å². The molecule has 3 N–H and O–H groups in total. The van der Waals surface area contributed by atoms with E-state index in [1.165, 1.54) is 51.3 Å². The van der Waals surface area contributed by atoms with Crippen LogP contribution < -0.4 is 5.32 Å². The molecule has 36 heavy (non-hydrogen) atoms. The number of aromatic nitrogens is 4. The highest BCUT2D eigenvalue weighted by atomic mass is 32.2. The molecule has 0 spiro atoms. The van der Waals surface area contributed by atoms with E-state index in [1.54, 1.807) is 12.1 Å². The Morgan fingerprint density at radius 2 is 2.25 bits per heavy atom. The second-order valence-electron chi connectivity index (χ2n) is 7.48. The van der Waals surface area contributed by atoms with E-state index in [0.717, 1.165) is 0 Å². The minimum Gasteiger partial charge on any atom is -0.508 e. The fourth-order valence-electron chi connectivity index (χ4n) is 3.40. The van der Waals surface area contributed by atoms with Gasteiger partial charge in [0.2, 0.25) is 11.1 Å². The van der Waals surface area contributed by atoms with Crippen LogP contribution in [-0.2, 0) is 25.9 Å². The number of phenolic OH excluding ortho intramolecular Hbond substituents is 1. The zero-order valence-corrected chi connectivity index (χ0v) is 20.4. The van der Waals surface area contributed by atoms with Crippen LogP contribution in [0, 0.1) is 0 Å². The monoisotopic (exact) mass is 531 g/mol. The molecule has 4 rings (SSSR count). The van der Waals surface area contributed by atoms with Gasteiger partial charge in [0.1, 0.15) is 24.7 Å². The van der Waals surface area contributed by atoms with Crippen LogP contribution in [0.5, 0.6) is 5.75 Å². The van der Waals surface area contributed by atoms with Crippen LogP contribution in [0.25, 0.3) is 0 Å². The van der Waals surface area contributed by atoms with E-state index < -0.39 is 11.9 Å². The van der Waals surface area contributed by atoms with Crippen LogP contribution in [0.15, 0.2) is 58.5 Å².